The lowest BCUT2D eigenvalue weighted by Gasteiger charge is -2.29. The van der Waals surface area contributed by atoms with Crippen LogP contribution in [0, 0.1) is 11.3 Å². The lowest BCUT2D eigenvalue weighted by Crippen LogP contribution is -2.31. The average molecular weight is 357 g/mol. The first-order valence-electron chi connectivity index (χ1n) is 10.3. The van der Waals surface area contributed by atoms with Gasteiger partial charge in [0.2, 0.25) is 0 Å². The molecule has 0 fully saturated rings. The minimum absolute atomic E-state index is 0.303. The second-order valence-corrected chi connectivity index (χ2v) is 7.72. The van der Waals surface area contributed by atoms with Crippen LogP contribution in [0.5, 0.6) is 0 Å². The Bertz CT molecular complexity index is 361. The number of carboxylic acid groups (broad SMARTS) is 2. The van der Waals surface area contributed by atoms with Gasteiger partial charge in [-0.3, -0.25) is 9.59 Å². The monoisotopic (exact) mass is 356 g/mol. The van der Waals surface area contributed by atoms with Gasteiger partial charge >= 0.3 is 11.9 Å². The topological polar surface area (TPSA) is 74.6 Å². The van der Waals surface area contributed by atoms with Crippen molar-refractivity contribution < 1.29 is 19.8 Å². The Hall–Kier alpha value is -1.06. The summed E-state index contributed by atoms with van der Waals surface area (Å²) in [6.45, 7) is 6.18. The summed E-state index contributed by atoms with van der Waals surface area (Å²) in [4.78, 5) is 22.0. The molecule has 0 aromatic heterocycles. The normalized spacial score (nSPS) is 12.9. The lowest BCUT2D eigenvalue weighted by molar-refractivity contribution is -0.150. The maximum atomic E-state index is 11.6. The summed E-state index contributed by atoms with van der Waals surface area (Å²) in [6, 6.07) is 0. The highest BCUT2D eigenvalue weighted by molar-refractivity contribution is 5.74. The van der Waals surface area contributed by atoms with Gasteiger partial charge in [0.1, 0.15) is 0 Å². The third kappa shape index (κ3) is 11.2. The first-order valence-corrected chi connectivity index (χ1v) is 10.3. The SMILES string of the molecule is CCC(CC)(CC(C)CCCCCCCCCCCC(=O)O)C(=O)O. The van der Waals surface area contributed by atoms with Crippen LogP contribution < -0.4 is 0 Å². The van der Waals surface area contributed by atoms with Gasteiger partial charge in [0.15, 0.2) is 0 Å². The zero-order chi connectivity index (χ0) is 19.1. The van der Waals surface area contributed by atoms with Crippen LogP contribution in [0.1, 0.15) is 111 Å². The zero-order valence-electron chi connectivity index (χ0n) is 16.7. The average Bonchev–Trinajstić information content (AvgIpc) is 2.57. The van der Waals surface area contributed by atoms with Crippen molar-refractivity contribution in [1.29, 1.82) is 0 Å². The van der Waals surface area contributed by atoms with Crippen LogP contribution in [-0.2, 0) is 9.59 Å². The molecular weight excluding hydrogens is 316 g/mol. The van der Waals surface area contributed by atoms with Crippen LogP contribution in [0.15, 0.2) is 0 Å². The highest BCUT2D eigenvalue weighted by Crippen LogP contribution is 2.35. The van der Waals surface area contributed by atoms with Gasteiger partial charge in [-0.25, -0.2) is 0 Å². The molecule has 0 bridgehead atoms. The Kier molecular flexibility index (Phi) is 13.5. The summed E-state index contributed by atoms with van der Waals surface area (Å²) < 4.78 is 0. The van der Waals surface area contributed by atoms with Gasteiger partial charge in [-0.1, -0.05) is 78.6 Å². The standard InChI is InChI=1S/C21H40O4/c1-4-21(5-2,20(24)25)17-18(3)15-13-11-9-7-6-8-10-12-14-16-19(22)23/h18H,4-17H2,1-3H3,(H,22,23)(H,24,25). The van der Waals surface area contributed by atoms with Crippen molar-refractivity contribution in [3.8, 4) is 0 Å². The fourth-order valence-electron chi connectivity index (χ4n) is 3.70. The molecule has 0 aliphatic rings. The van der Waals surface area contributed by atoms with Crippen molar-refractivity contribution >= 4 is 11.9 Å². The predicted octanol–water partition coefficient (Wildman–Crippen LogP) is 6.28. The minimum Gasteiger partial charge on any atom is -0.481 e. The summed E-state index contributed by atoms with van der Waals surface area (Å²) in [5, 5.41) is 18.1. The molecule has 0 heterocycles. The van der Waals surface area contributed by atoms with Gasteiger partial charge in [0.05, 0.1) is 5.41 Å². The number of carboxylic acids is 2. The second-order valence-electron chi connectivity index (χ2n) is 7.72. The van der Waals surface area contributed by atoms with E-state index in [2.05, 4.69) is 6.92 Å². The summed E-state index contributed by atoms with van der Waals surface area (Å²) in [7, 11) is 0. The van der Waals surface area contributed by atoms with Crippen LogP contribution in [0.25, 0.3) is 0 Å². The molecule has 1 atom stereocenters. The first kappa shape index (κ1) is 23.9. The molecule has 148 valence electrons. The Morgan fingerprint density at radius 1 is 0.800 bits per heavy atom. The van der Waals surface area contributed by atoms with Crippen LogP contribution in [0.4, 0.5) is 0 Å². The van der Waals surface area contributed by atoms with Crippen molar-refractivity contribution in [3.63, 3.8) is 0 Å². The van der Waals surface area contributed by atoms with E-state index < -0.39 is 17.4 Å². The van der Waals surface area contributed by atoms with Crippen LogP contribution >= 0.6 is 0 Å². The predicted molar refractivity (Wildman–Crippen MR) is 103 cm³/mol. The number of aliphatic carboxylic acids is 2. The van der Waals surface area contributed by atoms with Crippen LogP contribution in [-0.4, -0.2) is 22.2 Å². The molecular formula is C21H40O4. The maximum Gasteiger partial charge on any atom is 0.309 e. The number of hydrogen-bond acceptors (Lipinski definition) is 2. The fraction of sp³-hybridized carbons (Fsp3) is 0.905. The molecule has 0 aromatic carbocycles. The molecule has 4 heteroatoms. The van der Waals surface area contributed by atoms with Gasteiger partial charge in [0, 0.05) is 6.42 Å². The maximum absolute atomic E-state index is 11.6. The molecule has 0 aliphatic heterocycles. The third-order valence-electron chi connectivity index (χ3n) is 5.63. The van der Waals surface area contributed by atoms with Crippen molar-refractivity contribution in [3.05, 3.63) is 0 Å². The molecule has 0 saturated heterocycles. The number of carbonyl (C=O) groups is 2. The van der Waals surface area contributed by atoms with E-state index >= 15 is 0 Å². The first-order chi connectivity index (χ1) is 11.9. The van der Waals surface area contributed by atoms with Gasteiger partial charge in [-0.15, -0.1) is 0 Å². The largest absolute Gasteiger partial charge is 0.481 e. The van der Waals surface area contributed by atoms with E-state index in [1.165, 1.54) is 38.5 Å². The number of rotatable bonds is 17. The molecule has 2 N–H and O–H groups in total. The van der Waals surface area contributed by atoms with E-state index in [4.69, 9.17) is 5.11 Å². The summed E-state index contributed by atoms with van der Waals surface area (Å²) in [5.74, 6) is -0.842. The fourth-order valence-corrected chi connectivity index (χ4v) is 3.70. The molecule has 0 saturated carbocycles. The van der Waals surface area contributed by atoms with E-state index in [0.717, 1.165) is 44.9 Å². The van der Waals surface area contributed by atoms with Crippen molar-refractivity contribution in [2.75, 3.05) is 0 Å². The molecule has 0 radical (unpaired) electrons. The second kappa shape index (κ2) is 14.1. The Morgan fingerprint density at radius 2 is 1.24 bits per heavy atom. The molecule has 25 heavy (non-hydrogen) atoms. The highest BCUT2D eigenvalue weighted by atomic mass is 16.4. The molecule has 0 rings (SSSR count). The van der Waals surface area contributed by atoms with Crippen LogP contribution in [0.2, 0.25) is 0 Å². The molecule has 0 aliphatic carbocycles. The molecule has 0 amide bonds. The van der Waals surface area contributed by atoms with Gasteiger partial charge in [-0.2, -0.15) is 0 Å². The van der Waals surface area contributed by atoms with Gasteiger partial charge in [-0.05, 0) is 31.6 Å². The van der Waals surface area contributed by atoms with E-state index in [0.29, 0.717) is 12.3 Å². The Morgan fingerprint density at radius 3 is 1.64 bits per heavy atom. The van der Waals surface area contributed by atoms with E-state index in [1.54, 1.807) is 0 Å². The van der Waals surface area contributed by atoms with Crippen LogP contribution in [0.3, 0.4) is 0 Å². The van der Waals surface area contributed by atoms with E-state index in [1.807, 2.05) is 13.8 Å². The van der Waals surface area contributed by atoms with Gasteiger partial charge < -0.3 is 10.2 Å². The third-order valence-corrected chi connectivity index (χ3v) is 5.63. The van der Waals surface area contributed by atoms with E-state index in [-0.39, 0.29) is 0 Å². The zero-order valence-corrected chi connectivity index (χ0v) is 16.7. The van der Waals surface area contributed by atoms with Crippen molar-refractivity contribution in [2.45, 2.75) is 111 Å². The summed E-state index contributed by atoms with van der Waals surface area (Å²) in [6.07, 6.45) is 14.1. The molecule has 1 unspecified atom stereocenters. The molecule has 0 aromatic rings. The molecule has 0 spiro atoms. The quantitative estimate of drug-likeness (QED) is 0.301. The Balaban J connectivity index is 3.62. The van der Waals surface area contributed by atoms with E-state index in [9.17, 15) is 14.7 Å². The summed E-state index contributed by atoms with van der Waals surface area (Å²) >= 11 is 0. The Labute approximate surface area is 154 Å². The summed E-state index contributed by atoms with van der Waals surface area (Å²) in [5.41, 5.74) is -0.528. The lowest BCUT2D eigenvalue weighted by atomic mass is 9.74. The number of unbranched alkanes of at least 4 members (excludes halogenated alkanes) is 8. The molecule has 4 nitrogen and oxygen atoms in total. The van der Waals surface area contributed by atoms with Gasteiger partial charge in [0.25, 0.3) is 0 Å². The number of hydrogen-bond donors (Lipinski definition) is 2. The highest BCUT2D eigenvalue weighted by Gasteiger charge is 2.35. The van der Waals surface area contributed by atoms with Crippen molar-refractivity contribution in [2.24, 2.45) is 11.3 Å². The van der Waals surface area contributed by atoms with Crippen molar-refractivity contribution in [1.82, 2.24) is 0 Å². The minimum atomic E-state index is -0.687. The smallest absolute Gasteiger partial charge is 0.309 e.